The van der Waals surface area contributed by atoms with Crippen molar-refractivity contribution in [2.75, 3.05) is 19.1 Å². The maximum absolute atomic E-state index is 10.7. The molecule has 0 aliphatic rings. The lowest BCUT2D eigenvalue weighted by atomic mass is 10.3. The maximum Gasteiger partial charge on any atom is 0.485 e. The molecule has 0 heterocycles. The van der Waals surface area contributed by atoms with Gasteiger partial charge in [0.25, 0.3) is 0 Å². The minimum absolute atomic E-state index is 0.353. The minimum Gasteiger partial charge on any atom is -0.741 e. The Morgan fingerprint density at radius 1 is 1.20 bits per heavy atom. The number of rotatable bonds is 3. The molecule has 9 heteroatoms. The highest BCUT2D eigenvalue weighted by atomic mass is 32.2. The quantitative estimate of drug-likeness (QED) is 0.484. The Kier molecular flexibility index (Phi) is 7.39. The number of hydrogen-bond donors (Lipinski definition) is 0. The first-order valence-electron chi connectivity index (χ1n) is 5.31. The molecule has 0 aromatic heterocycles. The molecule has 116 valence electrons. The summed E-state index contributed by atoms with van der Waals surface area (Å²) in [6, 6.07) is 8.33. The van der Waals surface area contributed by atoms with Crippen LogP contribution in [0.1, 0.15) is 6.92 Å². The van der Waals surface area contributed by atoms with Gasteiger partial charge in [-0.2, -0.15) is 13.2 Å². The van der Waals surface area contributed by atoms with Crippen LogP contribution in [0, 0.1) is 0 Å². The fourth-order valence-electron chi connectivity index (χ4n) is 0.975. The third-order valence-electron chi connectivity index (χ3n) is 1.89. The molecule has 0 saturated carbocycles. The second kappa shape index (κ2) is 7.75. The first kappa shape index (κ1) is 19.1. The number of halogens is 3. The van der Waals surface area contributed by atoms with Crippen molar-refractivity contribution in [1.29, 1.82) is 0 Å². The summed E-state index contributed by atoms with van der Waals surface area (Å²) >= 11 is 0. The topological polar surface area (TPSA) is 66.4 Å². The molecule has 1 aromatic carbocycles. The molecular weight excluding hydrogens is 317 g/mol. The summed E-state index contributed by atoms with van der Waals surface area (Å²) in [4.78, 5) is 1.39. The number of alkyl halides is 3. The van der Waals surface area contributed by atoms with Gasteiger partial charge in [0.15, 0.2) is 15.0 Å². The van der Waals surface area contributed by atoms with Crippen molar-refractivity contribution < 1.29 is 30.9 Å². The van der Waals surface area contributed by atoms with E-state index in [1.54, 1.807) is 0 Å². The molecule has 0 atom stereocenters. The van der Waals surface area contributed by atoms with Gasteiger partial charge in [-0.05, 0) is 31.2 Å². The van der Waals surface area contributed by atoms with E-state index in [1.807, 2.05) is 19.1 Å². The van der Waals surface area contributed by atoms with Crippen molar-refractivity contribution in [1.82, 2.24) is 0 Å². The molecule has 0 radical (unpaired) electrons. The van der Waals surface area contributed by atoms with Crippen molar-refractivity contribution in [3.05, 3.63) is 24.3 Å². The summed E-state index contributed by atoms with van der Waals surface area (Å²) in [6.45, 7) is 2.74. The van der Waals surface area contributed by atoms with Gasteiger partial charge < -0.3 is 9.29 Å². The predicted molar refractivity (Wildman–Crippen MR) is 70.8 cm³/mol. The summed E-state index contributed by atoms with van der Waals surface area (Å²) < 4.78 is 64.2. The van der Waals surface area contributed by atoms with E-state index in [4.69, 9.17) is 17.7 Å². The van der Waals surface area contributed by atoms with Crippen molar-refractivity contribution in [3.63, 3.8) is 0 Å². The minimum atomic E-state index is -6.09. The lowest BCUT2D eigenvalue weighted by molar-refractivity contribution is -0.0517. The van der Waals surface area contributed by atoms with Gasteiger partial charge in [0.05, 0.1) is 6.61 Å². The van der Waals surface area contributed by atoms with Crippen molar-refractivity contribution in [2.45, 2.75) is 17.3 Å². The number of hydrogen-bond acceptors (Lipinski definition) is 4. The average molecular weight is 332 g/mol. The van der Waals surface area contributed by atoms with E-state index in [9.17, 15) is 13.2 Å². The Labute approximate surface area is 119 Å². The van der Waals surface area contributed by atoms with Gasteiger partial charge >= 0.3 is 5.51 Å². The van der Waals surface area contributed by atoms with Crippen LogP contribution in [0.15, 0.2) is 29.2 Å². The summed E-state index contributed by atoms with van der Waals surface area (Å²) in [5.74, 6) is 0.965. The van der Waals surface area contributed by atoms with Crippen molar-refractivity contribution >= 4 is 21.0 Å². The Balaban J connectivity index is 0.000000396. The zero-order valence-corrected chi connectivity index (χ0v) is 12.7. The predicted octanol–water partition coefficient (Wildman–Crippen LogP) is 2.37. The first-order chi connectivity index (χ1) is 8.99. The Hall–Kier alpha value is -0.930. The van der Waals surface area contributed by atoms with Gasteiger partial charge in [-0.25, -0.2) is 8.42 Å². The molecule has 0 bridgehead atoms. The fourth-order valence-corrected chi connectivity index (χ4v) is 1.66. The van der Waals surface area contributed by atoms with Crippen LogP contribution in [0.2, 0.25) is 0 Å². The van der Waals surface area contributed by atoms with E-state index in [1.165, 1.54) is 4.90 Å². The van der Waals surface area contributed by atoms with Gasteiger partial charge in [0.2, 0.25) is 0 Å². The van der Waals surface area contributed by atoms with Crippen LogP contribution in [-0.2, 0) is 21.0 Å². The fraction of sp³-hybridized carbons (Fsp3) is 0.455. The van der Waals surface area contributed by atoms with Gasteiger partial charge in [-0.3, -0.25) is 0 Å². The summed E-state index contributed by atoms with van der Waals surface area (Å²) in [5.41, 5.74) is -5.65. The van der Waals surface area contributed by atoms with E-state index in [0.717, 1.165) is 12.4 Å². The zero-order chi connectivity index (χ0) is 16.0. The van der Waals surface area contributed by atoms with E-state index in [-0.39, 0.29) is 0 Å². The molecule has 0 aliphatic carbocycles. The molecule has 1 rings (SSSR count). The summed E-state index contributed by atoms with van der Waals surface area (Å²) in [5, 5.41) is 0. The molecule has 0 spiro atoms. The highest BCUT2D eigenvalue weighted by Gasteiger charge is 2.36. The van der Waals surface area contributed by atoms with Crippen molar-refractivity contribution in [3.8, 4) is 5.75 Å². The molecule has 0 amide bonds. The SMILES string of the molecule is CCOc1ccc([S+](C)C)cc1.O=S(=O)([O-])C(F)(F)F. The number of benzene rings is 1. The van der Waals surface area contributed by atoms with Gasteiger partial charge in [-0.15, -0.1) is 0 Å². The van der Waals surface area contributed by atoms with Gasteiger partial charge in [-0.1, -0.05) is 0 Å². The number of ether oxygens (including phenoxy) is 1. The smallest absolute Gasteiger partial charge is 0.485 e. The third kappa shape index (κ3) is 7.01. The van der Waals surface area contributed by atoms with E-state index in [2.05, 4.69) is 24.6 Å². The van der Waals surface area contributed by atoms with Gasteiger partial charge in [0.1, 0.15) is 18.3 Å². The largest absolute Gasteiger partial charge is 0.741 e. The average Bonchev–Trinajstić information content (AvgIpc) is 2.28. The maximum atomic E-state index is 10.7. The molecule has 0 unspecified atom stereocenters. The van der Waals surface area contributed by atoms with Crippen LogP contribution in [0.25, 0.3) is 0 Å². The Morgan fingerprint density at radius 3 is 1.85 bits per heavy atom. The monoisotopic (exact) mass is 332 g/mol. The second-order valence-corrected chi connectivity index (χ2v) is 7.10. The highest BCUT2D eigenvalue weighted by Crippen LogP contribution is 2.20. The third-order valence-corrected chi connectivity index (χ3v) is 3.67. The van der Waals surface area contributed by atoms with Crippen LogP contribution in [0.4, 0.5) is 13.2 Å². The van der Waals surface area contributed by atoms with E-state index >= 15 is 0 Å². The van der Waals surface area contributed by atoms with Crippen LogP contribution in [0.3, 0.4) is 0 Å². The van der Waals surface area contributed by atoms with Crippen LogP contribution >= 0.6 is 0 Å². The van der Waals surface area contributed by atoms with E-state index in [0.29, 0.717) is 10.9 Å². The molecule has 0 N–H and O–H groups in total. The lowest BCUT2D eigenvalue weighted by Crippen LogP contribution is -2.21. The molecule has 1 aromatic rings. The summed E-state index contributed by atoms with van der Waals surface area (Å²) in [7, 11) is -5.74. The first-order valence-corrected chi connectivity index (χ1v) is 8.76. The van der Waals surface area contributed by atoms with E-state index < -0.39 is 15.6 Å². The Morgan fingerprint density at radius 2 is 1.60 bits per heavy atom. The van der Waals surface area contributed by atoms with Crippen LogP contribution < -0.4 is 4.74 Å². The molecular formula is C11H15F3O4S2. The normalized spacial score (nSPS) is 11.8. The van der Waals surface area contributed by atoms with Crippen LogP contribution in [-0.4, -0.2) is 37.6 Å². The molecule has 0 fully saturated rings. The molecule has 4 nitrogen and oxygen atoms in total. The standard InChI is InChI=1S/C10H15OS.CHF3O3S/c1-4-11-9-5-7-10(8-6-9)12(2)3;2-1(3,4)8(5,6)7/h5-8H,4H2,1-3H3;(H,5,6,7)/q+1;/p-1. The second-order valence-electron chi connectivity index (χ2n) is 3.62. The molecule has 0 saturated heterocycles. The highest BCUT2D eigenvalue weighted by molar-refractivity contribution is 7.95. The Bertz CT molecular complexity index is 495. The van der Waals surface area contributed by atoms with Crippen LogP contribution in [0.5, 0.6) is 5.75 Å². The summed E-state index contributed by atoms with van der Waals surface area (Å²) in [6.07, 6.45) is 4.44. The zero-order valence-electron chi connectivity index (χ0n) is 11.1. The van der Waals surface area contributed by atoms with Gasteiger partial charge in [0, 0.05) is 10.9 Å². The van der Waals surface area contributed by atoms with Crippen molar-refractivity contribution in [2.24, 2.45) is 0 Å². The molecule has 20 heavy (non-hydrogen) atoms. The lowest BCUT2D eigenvalue weighted by Gasteiger charge is -2.08. The molecule has 0 aliphatic heterocycles.